The van der Waals surface area contributed by atoms with Crippen LogP contribution in [0.25, 0.3) is 0 Å². The van der Waals surface area contributed by atoms with Gasteiger partial charge in [0.1, 0.15) is 5.84 Å². The third kappa shape index (κ3) is 3.44. The molecule has 0 bridgehead atoms. The maximum atomic E-state index is 8.85. The molecule has 1 aliphatic heterocycles. The average Bonchev–Trinajstić information content (AvgIpc) is 2.48. The van der Waals surface area contributed by atoms with Crippen LogP contribution in [0, 0.1) is 11.3 Å². The van der Waals surface area contributed by atoms with Crippen molar-refractivity contribution in [1.82, 2.24) is 5.32 Å². The first-order valence-electron chi connectivity index (χ1n) is 6.33. The van der Waals surface area contributed by atoms with E-state index in [2.05, 4.69) is 16.5 Å². The van der Waals surface area contributed by atoms with Crippen molar-refractivity contribution >= 4 is 11.5 Å². The lowest BCUT2D eigenvalue weighted by Gasteiger charge is -2.24. The van der Waals surface area contributed by atoms with Gasteiger partial charge in [-0.15, -0.1) is 5.10 Å². The van der Waals surface area contributed by atoms with E-state index in [1.165, 1.54) is 11.5 Å². The van der Waals surface area contributed by atoms with Crippen LogP contribution in [0.15, 0.2) is 29.4 Å². The Hall–Kier alpha value is -2.10. The van der Waals surface area contributed by atoms with Crippen LogP contribution in [0.4, 0.5) is 5.69 Å². The average molecular weight is 258 g/mol. The molecular formula is C13H18N6. The summed E-state index contributed by atoms with van der Waals surface area (Å²) in [6, 6.07) is 9.08. The van der Waals surface area contributed by atoms with Gasteiger partial charge in [0.25, 0.3) is 0 Å². The molecule has 6 nitrogen and oxygen atoms in total. The number of amidine groups is 1. The van der Waals surface area contributed by atoms with Crippen LogP contribution < -0.4 is 22.0 Å². The monoisotopic (exact) mass is 258 g/mol. The zero-order valence-electron chi connectivity index (χ0n) is 10.7. The van der Waals surface area contributed by atoms with Crippen molar-refractivity contribution in [1.29, 1.82) is 5.26 Å². The van der Waals surface area contributed by atoms with Gasteiger partial charge in [0, 0.05) is 0 Å². The predicted octanol–water partition coefficient (Wildman–Crippen LogP) is 0.653. The van der Waals surface area contributed by atoms with Crippen molar-refractivity contribution in [3.8, 4) is 6.07 Å². The summed E-state index contributed by atoms with van der Waals surface area (Å²) in [5, 5.41) is 17.6. The van der Waals surface area contributed by atoms with Gasteiger partial charge >= 0.3 is 0 Å². The summed E-state index contributed by atoms with van der Waals surface area (Å²) >= 11 is 0. The van der Waals surface area contributed by atoms with Crippen molar-refractivity contribution in [2.75, 3.05) is 11.7 Å². The van der Waals surface area contributed by atoms with Crippen molar-refractivity contribution in [2.24, 2.45) is 16.7 Å². The van der Waals surface area contributed by atoms with E-state index in [0.717, 1.165) is 19.4 Å². The van der Waals surface area contributed by atoms with E-state index in [0.29, 0.717) is 17.1 Å². The molecule has 2 rings (SSSR count). The van der Waals surface area contributed by atoms with E-state index in [1.807, 2.05) is 0 Å². The number of benzene rings is 1. The molecule has 19 heavy (non-hydrogen) atoms. The van der Waals surface area contributed by atoms with Gasteiger partial charge in [-0.3, -0.25) is 0 Å². The smallest absolute Gasteiger partial charge is 0.139 e. The largest absolute Gasteiger partial charge is 0.384 e. The van der Waals surface area contributed by atoms with Crippen LogP contribution in [0.3, 0.4) is 0 Å². The standard InChI is InChI=1S/C13H18N6/c14-9-10-4-3-5-11(8-10)19(16)18-13(15)12-6-1-2-7-17-12/h3-5,8,12,17H,1-2,6-7,16H2,(H2,15,18). The Kier molecular flexibility index (Phi) is 4.34. The molecule has 1 aliphatic rings. The first kappa shape index (κ1) is 13.3. The van der Waals surface area contributed by atoms with Gasteiger partial charge in [-0.05, 0) is 37.6 Å². The van der Waals surface area contributed by atoms with Crippen molar-refractivity contribution < 1.29 is 0 Å². The van der Waals surface area contributed by atoms with E-state index in [9.17, 15) is 0 Å². The maximum absolute atomic E-state index is 8.85. The summed E-state index contributed by atoms with van der Waals surface area (Å²) in [7, 11) is 0. The number of nitriles is 1. The summed E-state index contributed by atoms with van der Waals surface area (Å²) in [6.45, 7) is 0.954. The molecule has 0 aromatic heterocycles. The number of hydrazone groups is 1. The number of hydrogen-bond donors (Lipinski definition) is 3. The SMILES string of the molecule is N#Cc1cccc(N(N)/N=C(\N)C2CCCCN2)c1. The summed E-state index contributed by atoms with van der Waals surface area (Å²) < 4.78 is 0. The van der Waals surface area contributed by atoms with E-state index >= 15 is 0 Å². The highest BCUT2D eigenvalue weighted by molar-refractivity contribution is 5.86. The highest BCUT2D eigenvalue weighted by Gasteiger charge is 2.17. The molecule has 6 heteroatoms. The Morgan fingerprint density at radius 2 is 2.32 bits per heavy atom. The Bertz CT molecular complexity index is 498. The normalized spacial score (nSPS) is 19.8. The number of piperidine rings is 1. The minimum atomic E-state index is 0.0824. The summed E-state index contributed by atoms with van der Waals surface area (Å²) in [4.78, 5) is 0. The van der Waals surface area contributed by atoms with Crippen molar-refractivity contribution in [3.05, 3.63) is 29.8 Å². The van der Waals surface area contributed by atoms with Gasteiger partial charge < -0.3 is 11.1 Å². The summed E-state index contributed by atoms with van der Waals surface area (Å²) in [5.41, 5.74) is 7.13. The third-order valence-electron chi connectivity index (χ3n) is 3.13. The van der Waals surface area contributed by atoms with E-state index < -0.39 is 0 Å². The molecule has 1 aromatic rings. The summed E-state index contributed by atoms with van der Waals surface area (Å²) in [5.74, 6) is 6.33. The minimum absolute atomic E-state index is 0.0824. The Balaban J connectivity index is 2.10. The number of hydrogen-bond acceptors (Lipinski definition) is 5. The number of rotatable bonds is 3. The van der Waals surface area contributed by atoms with Crippen LogP contribution in [0.1, 0.15) is 24.8 Å². The zero-order chi connectivity index (χ0) is 13.7. The fourth-order valence-electron chi connectivity index (χ4n) is 2.07. The van der Waals surface area contributed by atoms with Crippen LogP contribution in [0.2, 0.25) is 0 Å². The number of nitrogens with zero attached hydrogens (tertiary/aromatic N) is 3. The second-order valence-electron chi connectivity index (χ2n) is 4.53. The van der Waals surface area contributed by atoms with Gasteiger partial charge in [-0.2, -0.15) is 10.4 Å². The van der Waals surface area contributed by atoms with Crippen molar-refractivity contribution in [2.45, 2.75) is 25.3 Å². The van der Waals surface area contributed by atoms with Gasteiger partial charge in [-0.1, -0.05) is 12.5 Å². The van der Waals surface area contributed by atoms with E-state index in [4.69, 9.17) is 16.8 Å². The molecule has 0 radical (unpaired) electrons. The van der Waals surface area contributed by atoms with Gasteiger partial charge in [0.2, 0.25) is 0 Å². The molecule has 0 spiro atoms. The fraction of sp³-hybridized carbons (Fsp3) is 0.385. The number of anilines is 1. The Labute approximate surface area is 112 Å². The van der Waals surface area contributed by atoms with Gasteiger partial charge in [-0.25, -0.2) is 5.84 Å². The number of hydrazine groups is 1. The Morgan fingerprint density at radius 1 is 1.47 bits per heavy atom. The molecular weight excluding hydrogens is 240 g/mol. The highest BCUT2D eigenvalue weighted by Crippen LogP contribution is 2.14. The lowest BCUT2D eigenvalue weighted by molar-refractivity contribution is 0.468. The predicted molar refractivity (Wildman–Crippen MR) is 75.1 cm³/mol. The molecule has 1 fully saturated rings. The minimum Gasteiger partial charge on any atom is -0.384 e. The van der Waals surface area contributed by atoms with Gasteiger partial charge in [0.05, 0.1) is 23.4 Å². The lowest BCUT2D eigenvalue weighted by atomic mass is 10.0. The molecule has 1 unspecified atom stereocenters. The first-order chi connectivity index (χ1) is 9.20. The van der Waals surface area contributed by atoms with Crippen molar-refractivity contribution in [3.63, 3.8) is 0 Å². The first-order valence-corrected chi connectivity index (χ1v) is 6.33. The quantitative estimate of drug-likeness (QED) is 0.320. The second kappa shape index (κ2) is 6.18. The Morgan fingerprint density at radius 3 is 3.00 bits per heavy atom. The van der Waals surface area contributed by atoms with Crippen LogP contribution in [-0.4, -0.2) is 18.4 Å². The van der Waals surface area contributed by atoms with Gasteiger partial charge in [0.15, 0.2) is 0 Å². The maximum Gasteiger partial charge on any atom is 0.139 e. The number of nitrogens with two attached hydrogens (primary N) is 2. The topological polar surface area (TPSA) is 103 Å². The lowest BCUT2D eigenvalue weighted by Crippen LogP contribution is -2.46. The summed E-state index contributed by atoms with van der Waals surface area (Å²) in [6.07, 6.45) is 3.28. The molecule has 0 amide bonds. The molecule has 1 atom stereocenters. The molecule has 1 saturated heterocycles. The van der Waals surface area contributed by atoms with Crippen LogP contribution in [0.5, 0.6) is 0 Å². The van der Waals surface area contributed by atoms with E-state index in [-0.39, 0.29) is 6.04 Å². The van der Waals surface area contributed by atoms with E-state index in [1.54, 1.807) is 24.3 Å². The number of nitrogens with one attached hydrogen (secondary N) is 1. The second-order valence-corrected chi connectivity index (χ2v) is 4.53. The molecule has 5 N–H and O–H groups in total. The molecule has 100 valence electrons. The molecule has 0 saturated carbocycles. The highest BCUT2D eigenvalue weighted by atomic mass is 15.6. The fourth-order valence-corrected chi connectivity index (χ4v) is 2.07. The van der Waals surface area contributed by atoms with Crippen LogP contribution >= 0.6 is 0 Å². The molecule has 1 aromatic carbocycles. The van der Waals surface area contributed by atoms with Crippen LogP contribution in [-0.2, 0) is 0 Å². The molecule has 1 heterocycles. The molecule has 0 aliphatic carbocycles. The third-order valence-corrected chi connectivity index (χ3v) is 3.13. The zero-order valence-corrected chi connectivity index (χ0v) is 10.7.